The van der Waals surface area contributed by atoms with Gasteiger partial charge < -0.3 is 14.6 Å². The molecule has 0 aliphatic carbocycles. The van der Waals surface area contributed by atoms with Crippen LogP contribution in [0.25, 0.3) is 0 Å². The Bertz CT molecular complexity index is 714. The average Bonchev–Trinajstić information content (AvgIpc) is 2.70. The van der Waals surface area contributed by atoms with Gasteiger partial charge in [-0.1, -0.05) is 36.4 Å². The van der Waals surface area contributed by atoms with E-state index in [2.05, 4.69) is 21.9 Å². The van der Waals surface area contributed by atoms with Crippen LogP contribution in [0.5, 0.6) is 11.5 Å². The maximum absolute atomic E-state index is 10.4. The number of ether oxygens (including phenoxy) is 2. The fourth-order valence-corrected chi connectivity index (χ4v) is 3.60. The van der Waals surface area contributed by atoms with E-state index in [1.807, 2.05) is 36.4 Å². The average molecular weight is 354 g/mol. The number of rotatable bonds is 5. The molecule has 0 saturated carbocycles. The second-order valence-corrected chi connectivity index (χ2v) is 6.98. The van der Waals surface area contributed by atoms with Gasteiger partial charge in [-0.3, -0.25) is 9.80 Å². The monoisotopic (exact) mass is 354 g/mol. The van der Waals surface area contributed by atoms with E-state index in [1.54, 1.807) is 0 Å². The summed E-state index contributed by atoms with van der Waals surface area (Å²) in [5.41, 5.74) is 2.25. The van der Waals surface area contributed by atoms with Crippen LogP contribution in [0.1, 0.15) is 17.2 Å². The van der Waals surface area contributed by atoms with E-state index in [4.69, 9.17) is 9.47 Å². The lowest BCUT2D eigenvalue weighted by Crippen LogP contribution is -2.47. The summed E-state index contributed by atoms with van der Waals surface area (Å²) in [6.07, 6.45) is -0.416. The Hall–Kier alpha value is -2.08. The normalized spacial score (nSPS) is 19.3. The van der Waals surface area contributed by atoms with Crippen LogP contribution in [0.4, 0.5) is 0 Å². The van der Waals surface area contributed by atoms with E-state index in [0.29, 0.717) is 19.8 Å². The molecule has 0 radical (unpaired) electrons. The Balaban J connectivity index is 1.27. The van der Waals surface area contributed by atoms with Crippen LogP contribution >= 0.6 is 0 Å². The van der Waals surface area contributed by atoms with Crippen LogP contribution in [0.3, 0.4) is 0 Å². The summed E-state index contributed by atoms with van der Waals surface area (Å²) >= 11 is 0. The molecule has 2 aromatic carbocycles. The Kier molecular flexibility index (Phi) is 5.39. The molecule has 4 rings (SSSR count). The molecule has 1 fully saturated rings. The van der Waals surface area contributed by atoms with Crippen molar-refractivity contribution >= 4 is 0 Å². The molecule has 0 amide bonds. The van der Waals surface area contributed by atoms with Crippen LogP contribution in [-0.4, -0.2) is 60.8 Å². The van der Waals surface area contributed by atoms with Gasteiger partial charge >= 0.3 is 0 Å². The van der Waals surface area contributed by atoms with Gasteiger partial charge in [0.05, 0.1) is 6.10 Å². The second-order valence-electron chi connectivity index (χ2n) is 6.98. The van der Waals surface area contributed by atoms with E-state index >= 15 is 0 Å². The minimum atomic E-state index is -0.416. The molecule has 2 heterocycles. The number of aliphatic hydroxyl groups is 1. The molecule has 26 heavy (non-hydrogen) atoms. The summed E-state index contributed by atoms with van der Waals surface area (Å²) in [6.45, 7) is 6.85. The number of aliphatic hydroxyl groups excluding tert-OH is 1. The van der Waals surface area contributed by atoms with Crippen LogP contribution < -0.4 is 9.47 Å². The zero-order valence-corrected chi connectivity index (χ0v) is 15.0. The van der Waals surface area contributed by atoms with Gasteiger partial charge in [0.25, 0.3) is 0 Å². The highest BCUT2D eigenvalue weighted by Gasteiger charge is 2.20. The minimum absolute atomic E-state index is 0.416. The maximum Gasteiger partial charge on any atom is 0.161 e. The summed E-state index contributed by atoms with van der Waals surface area (Å²) in [5, 5.41) is 10.4. The molecule has 5 nitrogen and oxygen atoms in total. The van der Waals surface area contributed by atoms with Crippen molar-refractivity contribution in [1.29, 1.82) is 0 Å². The molecule has 138 valence electrons. The van der Waals surface area contributed by atoms with Crippen molar-refractivity contribution in [3.05, 3.63) is 59.7 Å². The highest BCUT2D eigenvalue weighted by molar-refractivity contribution is 5.43. The van der Waals surface area contributed by atoms with Crippen LogP contribution in [-0.2, 0) is 6.54 Å². The van der Waals surface area contributed by atoms with Gasteiger partial charge in [-0.25, -0.2) is 0 Å². The Morgan fingerprint density at radius 1 is 0.846 bits per heavy atom. The number of hydrogen-bond acceptors (Lipinski definition) is 5. The Morgan fingerprint density at radius 2 is 1.54 bits per heavy atom. The molecule has 1 atom stereocenters. The summed E-state index contributed by atoms with van der Waals surface area (Å²) < 4.78 is 11.3. The third-order valence-corrected chi connectivity index (χ3v) is 5.09. The van der Waals surface area contributed by atoms with Gasteiger partial charge in [0.1, 0.15) is 13.2 Å². The summed E-state index contributed by atoms with van der Waals surface area (Å²) in [6, 6.07) is 16.1. The second kappa shape index (κ2) is 8.08. The predicted octanol–water partition coefficient (Wildman–Crippen LogP) is 2.31. The molecule has 0 aromatic heterocycles. The smallest absolute Gasteiger partial charge is 0.161 e. The first-order valence-corrected chi connectivity index (χ1v) is 9.34. The molecule has 1 saturated heterocycles. The first-order valence-electron chi connectivity index (χ1n) is 9.34. The molecule has 2 aromatic rings. The molecule has 2 aliphatic heterocycles. The zero-order chi connectivity index (χ0) is 17.8. The summed E-state index contributed by atoms with van der Waals surface area (Å²) in [5.74, 6) is 1.71. The number of fused-ring (bicyclic) bond motifs is 1. The van der Waals surface area contributed by atoms with Crippen molar-refractivity contribution in [1.82, 2.24) is 9.80 Å². The predicted molar refractivity (Wildman–Crippen MR) is 101 cm³/mol. The maximum atomic E-state index is 10.4. The molecule has 0 bridgehead atoms. The molecule has 1 unspecified atom stereocenters. The number of hydrogen-bond donors (Lipinski definition) is 1. The van der Waals surface area contributed by atoms with Gasteiger partial charge in [0.2, 0.25) is 0 Å². The third-order valence-electron chi connectivity index (χ3n) is 5.09. The molecule has 5 heteroatoms. The van der Waals surface area contributed by atoms with Crippen LogP contribution in [0.2, 0.25) is 0 Å². The highest BCUT2D eigenvalue weighted by Crippen LogP contribution is 2.31. The first kappa shape index (κ1) is 17.3. The van der Waals surface area contributed by atoms with E-state index in [9.17, 15) is 5.11 Å². The summed E-state index contributed by atoms with van der Waals surface area (Å²) in [4.78, 5) is 4.80. The quantitative estimate of drug-likeness (QED) is 0.893. The van der Waals surface area contributed by atoms with Crippen molar-refractivity contribution in [3.8, 4) is 11.5 Å². The fourth-order valence-electron chi connectivity index (χ4n) is 3.60. The van der Waals surface area contributed by atoms with E-state index in [-0.39, 0.29) is 0 Å². The first-order chi connectivity index (χ1) is 12.8. The molecule has 0 spiro atoms. The topological polar surface area (TPSA) is 45.2 Å². The number of nitrogens with zero attached hydrogens (tertiary/aromatic N) is 2. The molecule has 1 N–H and O–H groups in total. The highest BCUT2D eigenvalue weighted by atomic mass is 16.6. The lowest BCUT2D eigenvalue weighted by atomic mass is 10.1. The van der Waals surface area contributed by atoms with Gasteiger partial charge in [0, 0.05) is 39.3 Å². The van der Waals surface area contributed by atoms with Crippen molar-refractivity contribution < 1.29 is 14.6 Å². The molecule has 2 aliphatic rings. The molecular weight excluding hydrogens is 328 g/mol. The van der Waals surface area contributed by atoms with Gasteiger partial charge in [-0.05, 0) is 23.3 Å². The SMILES string of the molecule is OC(CN1CCN(Cc2ccc3c(c2)OCCO3)CC1)c1ccccc1. The van der Waals surface area contributed by atoms with Crippen molar-refractivity contribution in [3.63, 3.8) is 0 Å². The van der Waals surface area contributed by atoms with E-state index < -0.39 is 6.10 Å². The lowest BCUT2D eigenvalue weighted by molar-refractivity contribution is 0.0700. The van der Waals surface area contributed by atoms with Gasteiger partial charge in [-0.15, -0.1) is 0 Å². The van der Waals surface area contributed by atoms with Crippen LogP contribution in [0, 0.1) is 0 Å². The number of benzene rings is 2. The largest absolute Gasteiger partial charge is 0.486 e. The van der Waals surface area contributed by atoms with E-state index in [1.165, 1.54) is 5.56 Å². The van der Waals surface area contributed by atoms with E-state index in [0.717, 1.165) is 49.8 Å². The number of β-amino-alcohol motifs (C(OH)–C–C–N with tert-alkyl or cyclic N) is 1. The van der Waals surface area contributed by atoms with Crippen LogP contribution in [0.15, 0.2) is 48.5 Å². The Morgan fingerprint density at radius 3 is 2.31 bits per heavy atom. The Labute approximate surface area is 154 Å². The number of piperazine rings is 1. The fraction of sp³-hybridized carbons (Fsp3) is 0.429. The minimum Gasteiger partial charge on any atom is -0.486 e. The van der Waals surface area contributed by atoms with Gasteiger partial charge in [-0.2, -0.15) is 0 Å². The van der Waals surface area contributed by atoms with Gasteiger partial charge in [0.15, 0.2) is 11.5 Å². The standard InChI is InChI=1S/C21H26N2O3/c24-19(18-4-2-1-3-5-18)16-23-10-8-22(9-11-23)15-17-6-7-20-21(14-17)26-13-12-25-20/h1-7,14,19,24H,8-13,15-16H2. The van der Waals surface area contributed by atoms with Crippen molar-refractivity contribution in [2.45, 2.75) is 12.6 Å². The third kappa shape index (κ3) is 4.18. The van der Waals surface area contributed by atoms with Crippen molar-refractivity contribution in [2.75, 3.05) is 45.9 Å². The van der Waals surface area contributed by atoms with Crippen molar-refractivity contribution in [2.24, 2.45) is 0 Å². The zero-order valence-electron chi connectivity index (χ0n) is 15.0. The lowest BCUT2D eigenvalue weighted by Gasteiger charge is -2.35. The summed E-state index contributed by atoms with van der Waals surface area (Å²) in [7, 11) is 0. The molecular formula is C21H26N2O3.